The Morgan fingerprint density at radius 3 is 1.63 bits per heavy atom. The maximum absolute atomic E-state index is 12.4. The van der Waals surface area contributed by atoms with Crippen molar-refractivity contribution in [2.45, 2.75) is 79.2 Å². The molecule has 3 rings (SSSR count). The van der Waals surface area contributed by atoms with Crippen molar-refractivity contribution in [3.05, 3.63) is 120 Å². The van der Waals surface area contributed by atoms with Crippen LogP contribution in [0.25, 0.3) is 11.1 Å². The molecule has 0 aliphatic carbocycles. The molecule has 0 saturated carbocycles. The van der Waals surface area contributed by atoms with E-state index < -0.39 is 55.1 Å². The summed E-state index contributed by atoms with van der Waals surface area (Å²) in [5.41, 5.74) is 3.81. The smallest absolute Gasteiger partial charge is 0.417 e. The second-order valence-electron chi connectivity index (χ2n) is 14.8. The van der Waals surface area contributed by atoms with E-state index in [9.17, 15) is 24.0 Å². The topological polar surface area (TPSA) is 150 Å². The Kier molecular flexibility index (Phi) is 19.8. The Morgan fingerprint density at radius 1 is 0.550 bits per heavy atom. The van der Waals surface area contributed by atoms with E-state index >= 15 is 0 Å². The fourth-order valence-corrected chi connectivity index (χ4v) is 5.71. The summed E-state index contributed by atoms with van der Waals surface area (Å²) in [6.45, 7) is 16.4. The van der Waals surface area contributed by atoms with Crippen molar-refractivity contribution in [1.29, 1.82) is 0 Å². The number of esters is 5. The first-order chi connectivity index (χ1) is 28.7. The number of carbonyl (C=O) groups excluding carboxylic acids is 5. The largest absolute Gasteiger partial charge is 0.494 e. The number of carbonyl (C=O) groups is 5. The van der Waals surface area contributed by atoms with Crippen LogP contribution in [0.2, 0.25) is 0 Å². The quantitative estimate of drug-likeness (QED) is 0.0265. The highest BCUT2D eigenvalue weighted by atomic mass is 16.6. The SMILES string of the molecule is C=C(C)C(=O)OCc1cc(CCCOc2ccc(CCCCCC)cc2)ccc1-c1ccc(OCC(COC(=O)C(=C)C)(COC(=O)C(=C)C)COC(=O)C(=O)OC)cc1. The molecule has 3 aromatic carbocycles. The lowest BCUT2D eigenvalue weighted by molar-refractivity contribution is -0.173. The highest BCUT2D eigenvalue weighted by molar-refractivity contribution is 6.29. The second kappa shape index (κ2) is 24.7. The monoisotopic (exact) mass is 826 g/mol. The molecule has 0 spiro atoms. The van der Waals surface area contributed by atoms with Crippen molar-refractivity contribution < 1.29 is 57.1 Å². The van der Waals surface area contributed by atoms with Gasteiger partial charge in [-0.05, 0) is 98.5 Å². The first-order valence-electron chi connectivity index (χ1n) is 20.0. The molecule has 0 heterocycles. The van der Waals surface area contributed by atoms with Crippen LogP contribution in [0.5, 0.6) is 11.5 Å². The van der Waals surface area contributed by atoms with Crippen molar-refractivity contribution in [1.82, 2.24) is 0 Å². The summed E-state index contributed by atoms with van der Waals surface area (Å²) in [7, 11) is 1.02. The van der Waals surface area contributed by atoms with Gasteiger partial charge in [0.05, 0.1) is 13.7 Å². The molecule has 0 radical (unpaired) electrons. The molecular weight excluding hydrogens is 769 g/mol. The number of methoxy groups -OCH3 is 1. The first kappa shape index (κ1) is 48.2. The van der Waals surface area contributed by atoms with Gasteiger partial charge in [-0.1, -0.05) is 88.4 Å². The van der Waals surface area contributed by atoms with E-state index in [2.05, 4.69) is 43.5 Å². The third kappa shape index (κ3) is 16.2. The summed E-state index contributed by atoms with van der Waals surface area (Å²) in [5.74, 6) is -3.33. The molecule has 0 aliphatic heterocycles. The van der Waals surface area contributed by atoms with Gasteiger partial charge in [0.25, 0.3) is 0 Å². The van der Waals surface area contributed by atoms with Gasteiger partial charge < -0.3 is 33.2 Å². The summed E-state index contributed by atoms with van der Waals surface area (Å²) in [6, 6.07) is 21.4. The third-order valence-corrected chi connectivity index (χ3v) is 9.29. The van der Waals surface area contributed by atoms with Crippen LogP contribution < -0.4 is 9.47 Å². The molecule has 0 atom stereocenters. The van der Waals surface area contributed by atoms with Gasteiger partial charge in [-0.3, -0.25) is 0 Å². The zero-order valence-electron chi connectivity index (χ0n) is 35.6. The van der Waals surface area contributed by atoms with Gasteiger partial charge in [0.2, 0.25) is 0 Å². The van der Waals surface area contributed by atoms with Gasteiger partial charge >= 0.3 is 29.8 Å². The van der Waals surface area contributed by atoms with Crippen LogP contribution in [0.3, 0.4) is 0 Å². The van der Waals surface area contributed by atoms with Crippen LogP contribution >= 0.6 is 0 Å². The summed E-state index contributed by atoms with van der Waals surface area (Å²) < 4.78 is 38.2. The van der Waals surface area contributed by atoms with Crippen LogP contribution in [0, 0.1) is 5.41 Å². The zero-order valence-corrected chi connectivity index (χ0v) is 35.6. The van der Waals surface area contributed by atoms with Gasteiger partial charge in [-0.25, -0.2) is 24.0 Å². The van der Waals surface area contributed by atoms with Crippen molar-refractivity contribution in [3.63, 3.8) is 0 Å². The Bertz CT molecular complexity index is 1930. The molecule has 3 aromatic rings. The molecule has 0 aromatic heterocycles. The summed E-state index contributed by atoms with van der Waals surface area (Å²) >= 11 is 0. The normalized spacial score (nSPS) is 10.8. The maximum atomic E-state index is 12.4. The Morgan fingerprint density at radius 2 is 1.07 bits per heavy atom. The molecule has 322 valence electrons. The third-order valence-electron chi connectivity index (χ3n) is 9.29. The molecule has 12 nitrogen and oxygen atoms in total. The highest BCUT2D eigenvalue weighted by Crippen LogP contribution is 2.30. The lowest BCUT2D eigenvalue weighted by Gasteiger charge is -2.32. The minimum absolute atomic E-state index is 0.0209. The number of unbranched alkanes of at least 4 members (excludes halogenated alkanes) is 3. The van der Waals surface area contributed by atoms with E-state index in [0.717, 1.165) is 54.4 Å². The van der Waals surface area contributed by atoms with Crippen molar-refractivity contribution in [2.24, 2.45) is 5.41 Å². The number of rotatable bonds is 25. The van der Waals surface area contributed by atoms with E-state index in [-0.39, 0.29) is 29.9 Å². The molecule has 0 unspecified atom stereocenters. The minimum atomic E-state index is -1.47. The van der Waals surface area contributed by atoms with Gasteiger partial charge in [0.15, 0.2) is 0 Å². The zero-order chi connectivity index (χ0) is 44.1. The van der Waals surface area contributed by atoms with E-state index in [1.165, 1.54) is 45.1 Å². The summed E-state index contributed by atoms with van der Waals surface area (Å²) in [4.78, 5) is 61.3. The molecule has 0 amide bonds. The van der Waals surface area contributed by atoms with Crippen LogP contribution in [-0.2, 0) is 67.1 Å². The molecule has 0 saturated heterocycles. The van der Waals surface area contributed by atoms with Crippen molar-refractivity contribution >= 4 is 29.8 Å². The first-order valence-corrected chi connectivity index (χ1v) is 20.0. The summed E-state index contributed by atoms with van der Waals surface area (Å²) in [6.07, 6.45) is 7.52. The molecule has 60 heavy (non-hydrogen) atoms. The molecule has 0 fully saturated rings. The van der Waals surface area contributed by atoms with E-state index in [1.54, 1.807) is 19.1 Å². The minimum Gasteiger partial charge on any atom is -0.494 e. The molecule has 0 N–H and O–H groups in total. The Labute approximate surface area is 353 Å². The van der Waals surface area contributed by atoms with Crippen LogP contribution in [0.15, 0.2) is 103 Å². The number of hydrogen-bond donors (Lipinski definition) is 0. The van der Waals surface area contributed by atoms with Gasteiger partial charge in [0, 0.05) is 16.7 Å². The van der Waals surface area contributed by atoms with Gasteiger partial charge in [-0.2, -0.15) is 0 Å². The van der Waals surface area contributed by atoms with Crippen LogP contribution in [0.4, 0.5) is 0 Å². The van der Waals surface area contributed by atoms with Crippen molar-refractivity contribution in [3.8, 4) is 22.6 Å². The van der Waals surface area contributed by atoms with E-state index in [0.29, 0.717) is 12.4 Å². The van der Waals surface area contributed by atoms with Gasteiger partial charge in [0.1, 0.15) is 49.9 Å². The fraction of sp³-hybridized carbons (Fsp3) is 0.396. The van der Waals surface area contributed by atoms with Crippen molar-refractivity contribution in [2.75, 3.05) is 40.1 Å². The second-order valence-corrected chi connectivity index (χ2v) is 14.8. The molecule has 0 bridgehead atoms. The fourth-order valence-electron chi connectivity index (χ4n) is 5.71. The van der Waals surface area contributed by atoms with E-state index in [4.69, 9.17) is 28.4 Å². The van der Waals surface area contributed by atoms with Gasteiger partial charge in [-0.15, -0.1) is 0 Å². The maximum Gasteiger partial charge on any atom is 0.417 e. The van der Waals surface area contributed by atoms with E-state index in [1.807, 2.05) is 42.5 Å². The molecule has 0 aliphatic rings. The number of aryl methyl sites for hydroxylation is 2. The van der Waals surface area contributed by atoms with Crippen LogP contribution in [-0.4, -0.2) is 70.0 Å². The number of hydrogen-bond acceptors (Lipinski definition) is 12. The van der Waals surface area contributed by atoms with Crippen LogP contribution in [0.1, 0.15) is 76.5 Å². The molecular formula is C48H58O12. The summed E-state index contributed by atoms with van der Waals surface area (Å²) in [5, 5.41) is 0. The average Bonchev–Trinajstić information content (AvgIpc) is 3.25. The Hall–Kier alpha value is -6.17. The molecule has 12 heteroatoms. The Balaban J connectivity index is 1.78. The number of benzene rings is 3. The average molecular weight is 827 g/mol. The lowest BCUT2D eigenvalue weighted by atomic mass is 9.92. The number of ether oxygens (including phenoxy) is 7. The lowest BCUT2D eigenvalue weighted by Crippen LogP contribution is -2.45. The predicted molar refractivity (Wildman–Crippen MR) is 227 cm³/mol. The highest BCUT2D eigenvalue weighted by Gasteiger charge is 2.38. The standard InChI is InChI=1S/C48H58O12/c1-9-10-11-12-14-36-16-21-40(22-17-36)55-26-13-15-37-18-25-42(39(27-37)28-56-43(49)33(2)3)38-19-23-41(24-20-38)57-29-48(30-58-44(50)34(4)5,31-59-45(51)35(6)7)32-60-47(53)46(52)54-8/h16-25,27H,2,4,6,9-15,26,28-32H2,1,3,5,7-8H3. The predicted octanol–water partition coefficient (Wildman–Crippen LogP) is 8.43.